The van der Waals surface area contributed by atoms with Gasteiger partial charge in [0.2, 0.25) is 5.91 Å². The summed E-state index contributed by atoms with van der Waals surface area (Å²) < 4.78 is 5.91. The molecular formula is C22H26ClN3O3. The zero-order valence-electron chi connectivity index (χ0n) is 17.1. The number of carbonyl (C=O) groups excluding carboxylic acids is 2. The average Bonchev–Trinajstić information content (AvgIpc) is 2.72. The normalized spacial score (nSPS) is 15.4. The summed E-state index contributed by atoms with van der Waals surface area (Å²) in [4.78, 5) is 27.2. The molecule has 0 saturated carbocycles. The molecule has 154 valence electrons. The van der Waals surface area contributed by atoms with Gasteiger partial charge in [0, 0.05) is 22.9 Å². The summed E-state index contributed by atoms with van der Waals surface area (Å²) in [6.07, 6.45) is 0. The van der Waals surface area contributed by atoms with Crippen LogP contribution in [0.3, 0.4) is 0 Å². The summed E-state index contributed by atoms with van der Waals surface area (Å²) in [6, 6.07) is 11.8. The fraction of sp³-hybridized carbons (Fsp3) is 0.364. The number of hydrogen-bond acceptors (Lipinski definition) is 3. The fourth-order valence-electron chi connectivity index (χ4n) is 3.13. The van der Waals surface area contributed by atoms with Gasteiger partial charge in [0.05, 0.1) is 11.1 Å². The van der Waals surface area contributed by atoms with E-state index in [0.717, 1.165) is 0 Å². The Bertz CT molecular complexity index is 927. The van der Waals surface area contributed by atoms with Gasteiger partial charge in [-0.3, -0.25) is 4.79 Å². The van der Waals surface area contributed by atoms with E-state index in [2.05, 4.69) is 24.5 Å². The van der Waals surface area contributed by atoms with Crippen molar-refractivity contribution in [3.8, 4) is 5.75 Å². The Hall–Kier alpha value is -2.73. The Labute approximate surface area is 176 Å². The van der Waals surface area contributed by atoms with Crippen molar-refractivity contribution in [2.45, 2.75) is 27.7 Å². The summed E-state index contributed by atoms with van der Waals surface area (Å²) in [5, 5.41) is 6.08. The van der Waals surface area contributed by atoms with Gasteiger partial charge in [-0.05, 0) is 56.2 Å². The van der Waals surface area contributed by atoms with Crippen LogP contribution < -0.4 is 20.3 Å². The molecule has 7 heteroatoms. The van der Waals surface area contributed by atoms with Gasteiger partial charge in [-0.2, -0.15) is 0 Å². The highest BCUT2D eigenvalue weighted by Gasteiger charge is 2.38. The molecule has 6 nitrogen and oxygen atoms in total. The van der Waals surface area contributed by atoms with E-state index < -0.39 is 11.4 Å². The number of fused-ring (bicyclic) bond motifs is 1. The molecule has 1 aliphatic rings. The van der Waals surface area contributed by atoms with Crippen molar-refractivity contribution in [2.24, 2.45) is 11.3 Å². The number of ether oxygens (including phenoxy) is 1. The maximum atomic E-state index is 13.1. The van der Waals surface area contributed by atoms with E-state index in [9.17, 15) is 9.59 Å². The van der Waals surface area contributed by atoms with Crippen LogP contribution in [-0.2, 0) is 4.79 Å². The van der Waals surface area contributed by atoms with E-state index in [4.69, 9.17) is 16.3 Å². The average molecular weight is 416 g/mol. The lowest BCUT2D eigenvalue weighted by Gasteiger charge is -2.29. The number of rotatable bonds is 4. The number of benzene rings is 2. The Kier molecular flexibility index (Phi) is 6.03. The highest BCUT2D eigenvalue weighted by molar-refractivity contribution is 6.30. The van der Waals surface area contributed by atoms with Crippen LogP contribution in [0.25, 0.3) is 0 Å². The highest BCUT2D eigenvalue weighted by atomic mass is 35.5. The molecule has 3 rings (SSSR count). The molecule has 0 unspecified atom stereocenters. The quantitative estimate of drug-likeness (QED) is 0.703. The molecule has 0 aliphatic carbocycles. The molecule has 29 heavy (non-hydrogen) atoms. The van der Waals surface area contributed by atoms with Gasteiger partial charge >= 0.3 is 6.03 Å². The van der Waals surface area contributed by atoms with Gasteiger partial charge in [0.15, 0.2) is 0 Å². The predicted octanol–water partition coefficient (Wildman–Crippen LogP) is 5.39. The second-order valence-corrected chi connectivity index (χ2v) is 8.69. The number of carbonyl (C=O) groups is 2. The molecule has 0 saturated heterocycles. The maximum Gasteiger partial charge on any atom is 0.323 e. The molecule has 1 heterocycles. The van der Waals surface area contributed by atoms with E-state index in [1.54, 1.807) is 47.4 Å². The first kappa shape index (κ1) is 21.0. The van der Waals surface area contributed by atoms with E-state index in [-0.39, 0.29) is 11.8 Å². The van der Waals surface area contributed by atoms with Gasteiger partial charge in [-0.25, -0.2) is 4.79 Å². The maximum absolute atomic E-state index is 13.1. The van der Waals surface area contributed by atoms with Crippen molar-refractivity contribution >= 4 is 40.6 Å². The SMILES string of the molecule is CC(C)CN1C(=O)C(C)(C)COc2ccc(NC(=O)Nc3cccc(Cl)c3)cc21. The van der Waals surface area contributed by atoms with Crippen molar-refractivity contribution < 1.29 is 14.3 Å². The van der Waals surface area contributed by atoms with Crippen molar-refractivity contribution in [3.63, 3.8) is 0 Å². The van der Waals surface area contributed by atoms with Crippen LogP contribution in [0.2, 0.25) is 5.02 Å². The standard InChI is InChI=1S/C22H26ClN3O3/c1-14(2)12-26-18-11-17(8-9-19(18)29-13-22(3,4)20(26)27)25-21(28)24-16-7-5-6-15(23)10-16/h5-11,14H,12-13H2,1-4H3,(H2,24,25,28). The Balaban J connectivity index is 1.85. The van der Waals surface area contributed by atoms with Crippen LogP contribution in [0.5, 0.6) is 5.75 Å². The minimum absolute atomic E-state index is 0.00507. The number of hydrogen-bond donors (Lipinski definition) is 2. The lowest BCUT2D eigenvalue weighted by atomic mass is 9.92. The molecule has 0 spiro atoms. The Morgan fingerprint density at radius 2 is 1.86 bits per heavy atom. The molecule has 0 radical (unpaired) electrons. The minimum atomic E-state index is -0.633. The largest absolute Gasteiger partial charge is 0.490 e. The molecule has 2 aromatic carbocycles. The van der Waals surface area contributed by atoms with Crippen molar-refractivity contribution in [1.29, 1.82) is 0 Å². The van der Waals surface area contributed by atoms with E-state index in [1.165, 1.54) is 0 Å². The summed E-state index contributed by atoms with van der Waals surface area (Å²) in [6.45, 7) is 8.75. The molecular weight excluding hydrogens is 390 g/mol. The van der Waals surface area contributed by atoms with Gasteiger partial charge in [-0.15, -0.1) is 0 Å². The third-order valence-electron chi connectivity index (χ3n) is 4.55. The number of halogens is 1. The summed E-state index contributed by atoms with van der Waals surface area (Å²) >= 11 is 5.95. The molecule has 1 aliphatic heterocycles. The molecule has 2 aromatic rings. The van der Waals surface area contributed by atoms with Crippen LogP contribution in [0.4, 0.5) is 21.9 Å². The first-order valence-corrected chi connectivity index (χ1v) is 9.96. The second-order valence-electron chi connectivity index (χ2n) is 8.25. The molecule has 3 amide bonds. The number of nitrogens with zero attached hydrogens (tertiary/aromatic N) is 1. The van der Waals surface area contributed by atoms with Crippen LogP contribution in [0.15, 0.2) is 42.5 Å². The van der Waals surface area contributed by atoms with Crippen molar-refractivity contribution in [3.05, 3.63) is 47.5 Å². The summed E-state index contributed by atoms with van der Waals surface area (Å²) in [5.41, 5.74) is 1.18. The van der Waals surface area contributed by atoms with Gasteiger partial charge in [0.1, 0.15) is 12.4 Å². The first-order valence-electron chi connectivity index (χ1n) is 9.58. The topological polar surface area (TPSA) is 70.7 Å². The molecule has 2 N–H and O–H groups in total. The predicted molar refractivity (Wildman–Crippen MR) is 117 cm³/mol. The van der Waals surface area contributed by atoms with Crippen molar-refractivity contribution in [2.75, 3.05) is 28.7 Å². The van der Waals surface area contributed by atoms with Crippen LogP contribution in [-0.4, -0.2) is 25.1 Å². The summed E-state index contributed by atoms with van der Waals surface area (Å²) in [7, 11) is 0. The molecule has 0 atom stereocenters. The fourth-order valence-corrected chi connectivity index (χ4v) is 3.32. The molecule has 0 aromatic heterocycles. The number of urea groups is 1. The van der Waals surface area contributed by atoms with E-state index in [0.29, 0.717) is 41.0 Å². The lowest BCUT2D eigenvalue weighted by molar-refractivity contribution is -0.127. The smallest absolute Gasteiger partial charge is 0.323 e. The Morgan fingerprint density at radius 1 is 1.17 bits per heavy atom. The van der Waals surface area contributed by atoms with Gasteiger partial charge < -0.3 is 20.3 Å². The minimum Gasteiger partial charge on any atom is -0.490 e. The zero-order chi connectivity index (χ0) is 21.2. The van der Waals surface area contributed by atoms with Gasteiger partial charge in [0.25, 0.3) is 0 Å². The molecule has 0 bridgehead atoms. The number of nitrogens with one attached hydrogen (secondary N) is 2. The molecule has 0 fully saturated rings. The second kappa shape index (κ2) is 8.33. The zero-order valence-corrected chi connectivity index (χ0v) is 17.8. The van der Waals surface area contributed by atoms with Crippen molar-refractivity contribution in [1.82, 2.24) is 0 Å². The third-order valence-corrected chi connectivity index (χ3v) is 4.79. The van der Waals surface area contributed by atoms with E-state index >= 15 is 0 Å². The number of anilines is 3. The third kappa shape index (κ3) is 5.01. The van der Waals surface area contributed by atoms with E-state index in [1.807, 2.05) is 13.8 Å². The first-order chi connectivity index (χ1) is 13.7. The van der Waals surface area contributed by atoms with Gasteiger partial charge in [-0.1, -0.05) is 31.5 Å². The van der Waals surface area contributed by atoms with Crippen LogP contribution in [0, 0.1) is 11.3 Å². The highest BCUT2D eigenvalue weighted by Crippen LogP contribution is 2.38. The number of amides is 3. The Morgan fingerprint density at radius 3 is 2.52 bits per heavy atom. The van der Waals surface area contributed by atoms with Crippen LogP contribution >= 0.6 is 11.6 Å². The monoisotopic (exact) mass is 415 g/mol. The lowest BCUT2D eigenvalue weighted by Crippen LogP contribution is -2.43. The van der Waals surface area contributed by atoms with Crippen LogP contribution in [0.1, 0.15) is 27.7 Å². The summed E-state index contributed by atoms with van der Waals surface area (Å²) in [5.74, 6) is 0.916.